The van der Waals surface area contributed by atoms with E-state index in [1.54, 1.807) is 0 Å². The Morgan fingerprint density at radius 2 is 1.33 bits per heavy atom. The van der Waals surface area contributed by atoms with Gasteiger partial charge in [0.15, 0.2) is 11.6 Å². The summed E-state index contributed by atoms with van der Waals surface area (Å²) in [5, 5.41) is 35.0. The number of unbranched alkanes of at least 4 members (excludes halogenated alkanes) is 3. The molecule has 0 aliphatic rings. The van der Waals surface area contributed by atoms with E-state index < -0.39 is 0 Å². The van der Waals surface area contributed by atoms with E-state index in [4.69, 9.17) is 4.74 Å². The molecule has 7 heteroatoms. The number of ether oxygens (including phenoxy) is 1. The number of benzene rings is 4. The molecule has 0 spiro atoms. The molecule has 0 unspecified atom stereocenters. The minimum atomic E-state index is -0.344. The Morgan fingerprint density at radius 3 is 2.06 bits per heavy atom. The minimum Gasteiger partial charge on any atom is -0.508 e. The average Bonchev–Trinajstić information content (AvgIpc) is 2.86. The van der Waals surface area contributed by atoms with Crippen molar-refractivity contribution in [2.75, 3.05) is 6.61 Å². The Balaban J connectivity index is 1.59. The molecule has 0 fully saturated rings. The van der Waals surface area contributed by atoms with E-state index >= 15 is 0 Å². The number of phenols is 3. The van der Waals surface area contributed by atoms with E-state index in [1.165, 1.54) is 0 Å². The summed E-state index contributed by atoms with van der Waals surface area (Å²) in [6, 6.07) is 20.8. The fourth-order valence-electron chi connectivity index (χ4n) is 4.26. The summed E-state index contributed by atoms with van der Waals surface area (Å²) in [6.07, 6.45) is 4.15. The van der Waals surface area contributed by atoms with Gasteiger partial charge in [-0.25, -0.2) is 4.98 Å². The lowest BCUT2D eigenvalue weighted by Crippen LogP contribution is -2.05. The quantitative estimate of drug-likeness (QED) is 0.169. The molecule has 5 rings (SSSR count). The van der Waals surface area contributed by atoms with Crippen LogP contribution in [0.4, 0.5) is 0 Å². The lowest BCUT2D eigenvalue weighted by molar-refractivity contribution is 0.281. The van der Waals surface area contributed by atoms with Gasteiger partial charge in [-0.3, -0.25) is 0 Å². The number of aromatic nitrogens is 3. The first-order chi connectivity index (χ1) is 17.5. The highest BCUT2D eigenvalue weighted by atomic mass is 16.5. The predicted octanol–water partition coefficient (Wildman–Crippen LogP) is 6.59. The van der Waals surface area contributed by atoms with Crippen LogP contribution in [0.2, 0.25) is 0 Å². The van der Waals surface area contributed by atoms with Gasteiger partial charge in [-0.1, -0.05) is 62.6 Å². The number of hydrogen-bond donors (Lipinski definition) is 3. The standard InChI is InChI=1S/C29H27N3O4/c1-2-3-4-7-12-36-29-31-27(30-28(32-29)26-24(34)16-23(33)17-25(26)35)21-11-10-20-13-18-8-5-6-9-19(18)14-22(20)15-21/h5-6,8-11,13-17,33-35H,2-4,7,12H2,1H3. The molecule has 0 atom stereocenters. The zero-order valence-corrected chi connectivity index (χ0v) is 20.0. The van der Waals surface area contributed by atoms with Crippen LogP contribution in [0.25, 0.3) is 44.3 Å². The topological polar surface area (TPSA) is 109 Å². The Kier molecular flexibility index (Phi) is 6.54. The maximum absolute atomic E-state index is 10.4. The first kappa shape index (κ1) is 23.4. The molecule has 0 saturated heterocycles. The molecule has 4 aromatic carbocycles. The van der Waals surface area contributed by atoms with Crippen molar-refractivity contribution in [2.24, 2.45) is 0 Å². The van der Waals surface area contributed by atoms with Gasteiger partial charge >= 0.3 is 6.01 Å². The fourth-order valence-corrected chi connectivity index (χ4v) is 4.26. The lowest BCUT2D eigenvalue weighted by Gasteiger charge is -2.11. The first-order valence-electron chi connectivity index (χ1n) is 12.1. The third-order valence-electron chi connectivity index (χ3n) is 6.11. The molecule has 0 saturated carbocycles. The Labute approximate surface area is 208 Å². The number of aromatic hydroxyl groups is 3. The number of fused-ring (bicyclic) bond motifs is 2. The number of nitrogens with zero attached hydrogens (tertiary/aromatic N) is 3. The van der Waals surface area contributed by atoms with Crippen molar-refractivity contribution in [1.29, 1.82) is 0 Å². The Morgan fingerprint density at radius 1 is 0.667 bits per heavy atom. The van der Waals surface area contributed by atoms with Crippen LogP contribution >= 0.6 is 0 Å². The second-order valence-corrected chi connectivity index (χ2v) is 8.79. The molecule has 0 aliphatic heterocycles. The average molecular weight is 482 g/mol. The molecule has 0 amide bonds. The zero-order valence-electron chi connectivity index (χ0n) is 20.0. The van der Waals surface area contributed by atoms with Crippen molar-refractivity contribution >= 4 is 21.5 Å². The fraction of sp³-hybridized carbons (Fsp3) is 0.207. The third kappa shape index (κ3) is 4.86. The van der Waals surface area contributed by atoms with Crippen molar-refractivity contribution in [2.45, 2.75) is 32.6 Å². The second-order valence-electron chi connectivity index (χ2n) is 8.79. The SMILES string of the molecule is CCCCCCOc1nc(-c2ccc3cc4ccccc4cc3c2)nc(-c2c(O)cc(O)cc2O)n1. The highest BCUT2D eigenvalue weighted by Gasteiger charge is 2.19. The molecule has 1 heterocycles. The van der Waals surface area contributed by atoms with Crippen LogP contribution in [-0.4, -0.2) is 36.9 Å². The summed E-state index contributed by atoms with van der Waals surface area (Å²) >= 11 is 0. The minimum absolute atomic E-state index is 0.000865. The summed E-state index contributed by atoms with van der Waals surface area (Å²) in [5.41, 5.74) is 0.745. The van der Waals surface area contributed by atoms with Crippen molar-refractivity contribution in [3.8, 4) is 46.0 Å². The highest BCUT2D eigenvalue weighted by Crippen LogP contribution is 2.39. The Hall–Kier alpha value is -4.39. The second kappa shape index (κ2) is 10.1. The van der Waals surface area contributed by atoms with Gasteiger partial charge in [0.1, 0.15) is 22.8 Å². The van der Waals surface area contributed by atoms with E-state index in [1.807, 2.05) is 30.3 Å². The maximum atomic E-state index is 10.4. The largest absolute Gasteiger partial charge is 0.508 e. The summed E-state index contributed by atoms with van der Waals surface area (Å²) in [6.45, 7) is 2.59. The van der Waals surface area contributed by atoms with Gasteiger partial charge in [0, 0.05) is 17.7 Å². The molecule has 0 aliphatic carbocycles. The van der Waals surface area contributed by atoms with Gasteiger partial charge in [-0.15, -0.1) is 0 Å². The maximum Gasteiger partial charge on any atom is 0.320 e. The predicted molar refractivity (Wildman–Crippen MR) is 140 cm³/mol. The monoisotopic (exact) mass is 481 g/mol. The van der Waals surface area contributed by atoms with E-state index in [2.05, 4.69) is 46.1 Å². The van der Waals surface area contributed by atoms with Gasteiger partial charge in [0.2, 0.25) is 0 Å². The van der Waals surface area contributed by atoms with Crippen molar-refractivity contribution in [3.05, 3.63) is 66.7 Å². The normalized spacial score (nSPS) is 11.2. The molecule has 1 aromatic heterocycles. The van der Waals surface area contributed by atoms with E-state index in [-0.39, 0.29) is 34.6 Å². The van der Waals surface area contributed by atoms with Gasteiger partial charge in [0.25, 0.3) is 0 Å². The summed E-state index contributed by atoms with van der Waals surface area (Å²) in [5.74, 6) is -0.549. The van der Waals surface area contributed by atoms with E-state index in [0.29, 0.717) is 12.4 Å². The number of hydrogen-bond acceptors (Lipinski definition) is 7. The van der Waals surface area contributed by atoms with Crippen LogP contribution in [0, 0.1) is 0 Å². The van der Waals surface area contributed by atoms with E-state index in [0.717, 1.165) is 64.9 Å². The van der Waals surface area contributed by atoms with Crippen LogP contribution in [0.15, 0.2) is 66.7 Å². The van der Waals surface area contributed by atoms with Crippen LogP contribution in [0.3, 0.4) is 0 Å². The highest BCUT2D eigenvalue weighted by molar-refractivity contribution is 5.99. The van der Waals surface area contributed by atoms with Gasteiger partial charge in [0.05, 0.1) is 6.61 Å². The smallest absolute Gasteiger partial charge is 0.320 e. The van der Waals surface area contributed by atoms with Gasteiger partial charge < -0.3 is 20.1 Å². The van der Waals surface area contributed by atoms with Crippen molar-refractivity contribution in [1.82, 2.24) is 15.0 Å². The first-order valence-corrected chi connectivity index (χ1v) is 12.1. The number of rotatable bonds is 8. The summed E-state index contributed by atoms with van der Waals surface area (Å²) in [4.78, 5) is 13.4. The zero-order chi connectivity index (χ0) is 25.1. The summed E-state index contributed by atoms with van der Waals surface area (Å²) in [7, 11) is 0. The summed E-state index contributed by atoms with van der Waals surface area (Å²) < 4.78 is 5.85. The molecule has 182 valence electrons. The third-order valence-corrected chi connectivity index (χ3v) is 6.11. The number of phenolic OH excluding ortho intramolecular Hbond substituents is 3. The lowest BCUT2D eigenvalue weighted by atomic mass is 10.0. The van der Waals surface area contributed by atoms with Crippen LogP contribution < -0.4 is 4.74 Å². The van der Waals surface area contributed by atoms with Crippen molar-refractivity contribution < 1.29 is 20.1 Å². The Bertz CT molecular complexity index is 1530. The molecule has 5 aromatic rings. The van der Waals surface area contributed by atoms with Gasteiger partial charge in [-0.2, -0.15) is 9.97 Å². The van der Waals surface area contributed by atoms with Crippen molar-refractivity contribution in [3.63, 3.8) is 0 Å². The van der Waals surface area contributed by atoms with Crippen LogP contribution in [-0.2, 0) is 0 Å². The molecular weight excluding hydrogens is 454 g/mol. The molecule has 3 N–H and O–H groups in total. The molecule has 0 bridgehead atoms. The molecule has 36 heavy (non-hydrogen) atoms. The molecule has 7 nitrogen and oxygen atoms in total. The van der Waals surface area contributed by atoms with E-state index in [9.17, 15) is 15.3 Å². The molecular formula is C29H27N3O4. The van der Waals surface area contributed by atoms with Gasteiger partial charge in [-0.05, 0) is 46.2 Å². The van der Waals surface area contributed by atoms with Crippen LogP contribution in [0.1, 0.15) is 32.6 Å². The molecule has 0 radical (unpaired) electrons. The van der Waals surface area contributed by atoms with Crippen LogP contribution in [0.5, 0.6) is 23.3 Å².